The van der Waals surface area contributed by atoms with E-state index in [0.29, 0.717) is 23.9 Å². The van der Waals surface area contributed by atoms with Gasteiger partial charge in [-0.3, -0.25) is 9.78 Å². The Balaban J connectivity index is 1.71. The predicted molar refractivity (Wildman–Crippen MR) is 93.6 cm³/mol. The van der Waals surface area contributed by atoms with Gasteiger partial charge in [-0.25, -0.2) is 4.98 Å². The number of hydrogen-bond donors (Lipinski definition) is 2. The lowest BCUT2D eigenvalue weighted by Crippen LogP contribution is -2.47. The van der Waals surface area contributed by atoms with E-state index in [4.69, 9.17) is 9.47 Å². The molecule has 0 spiro atoms. The van der Waals surface area contributed by atoms with Crippen molar-refractivity contribution in [1.29, 1.82) is 0 Å². The molecule has 132 valence electrons. The molecule has 7 heteroatoms. The van der Waals surface area contributed by atoms with Gasteiger partial charge in [-0.2, -0.15) is 0 Å². The average Bonchev–Trinajstić information content (AvgIpc) is 2.64. The number of methoxy groups -OCH3 is 1. The van der Waals surface area contributed by atoms with Gasteiger partial charge in [0.1, 0.15) is 5.75 Å². The number of piperidine rings is 1. The minimum atomic E-state index is -0.498. The van der Waals surface area contributed by atoms with Gasteiger partial charge in [-0.15, -0.1) is 0 Å². The molecule has 0 radical (unpaired) electrons. The van der Waals surface area contributed by atoms with Crippen LogP contribution in [0.4, 0.5) is 5.69 Å². The average molecular weight is 342 g/mol. The van der Waals surface area contributed by atoms with Crippen LogP contribution < -0.4 is 15.4 Å². The molecule has 1 amide bonds. The summed E-state index contributed by atoms with van der Waals surface area (Å²) in [4.78, 5) is 20.9. The summed E-state index contributed by atoms with van der Waals surface area (Å²) in [5, 5.41) is 6.29. The second kappa shape index (κ2) is 8.04. The van der Waals surface area contributed by atoms with Gasteiger partial charge >= 0.3 is 0 Å². The summed E-state index contributed by atoms with van der Waals surface area (Å²) >= 11 is 0. The maximum absolute atomic E-state index is 12.9. The van der Waals surface area contributed by atoms with E-state index in [2.05, 4.69) is 20.6 Å². The van der Waals surface area contributed by atoms with E-state index < -0.39 is 5.41 Å². The van der Waals surface area contributed by atoms with Crippen molar-refractivity contribution in [2.45, 2.75) is 12.8 Å². The number of ether oxygens (including phenoxy) is 2. The Morgan fingerprint density at radius 2 is 2.16 bits per heavy atom. The Kier molecular flexibility index (Phi) is 5.57. The summed E-state index contributed by atoms with van der Waals surface area (Å²) in [5.74, 6) is 0.970. The van der Waals surface area contributed by atoms with Crippen LogP contribution in [0, 0.1) is 5.41 Å². The van der Waals surface area contributed by atoms with Crippen molar-refractivity contribution < 1.29 is 14.3 Å². The van der Waals surface area contributed by atoms with Crippen molar-refractivity contribution in [3.63, 3.8) is 0 Å². The second-order valence-electron chi connectivity index (χ2n) is 6.09. The number of carbonyl (C=O) groups excluding carboxylic acids is 1. The molecule has 0 aliphatic carbocycles. The standard InChI is InChI=1S/C18H22N4O3/c1-24-13-18(5-7-19-8-6-18)17(23)22-14-3-2-4-15(11-14)25-16-12-20-9-10-21-16/h2-4,9-12,19H,5-8,13H2,1H3,(H,22,23). The van der Waals surface area contributed by atoms with E-state index in [1.807, 2.05) is 12.1 Å². The van der Waals surface area contributed by atoms with Crippen LogP contribution in [0.1, 0.15) is 12.8 Å². The Bertz CT molecular complexity index is 697. The molecule has 2 N–H and O–H groups in total. The number of hydrogen-bond acceptors (Lipinski definition) is 6. The number of anilines is 1. The molecule has 1 aromatic heterocycles. The molecular weight excluding hydrogens is 320 g/mol. The SMILES string of the molecule is COCC1(C(=O)Nc2cccc(Oc3cnccn3)c2)CCNCC1. The lowest BCUT2D eigenvalue weighted by atomic mass is 9.78. The Hall–Kier alpha value is -2.51. The third-order valence-corrected chi connectivity index (χ3v) is 4.32. The summed E-state index contributed by atoms with van der Waals surface area (Å²) < 4.78 is 11.0. The molecule has 1 fully saturated rings. The highest BCUT2D eigenvalue weighted by atomic mass is 16.5. The number of rotatable bonds is 6. The lowest BCUT2D eigenvalue weighted by molar-refractivity contribution is -0.130. The molecular formula is C18H22N4O3. The molecule has 1 aliphatic heterocycles. The molecule has 3 rings (SSSR count). The van der Waals surface area contributed by atoms with E-state index in [1.165, 1.54) is 6.20 Å². The van der Waals surface area contributed by atoms with Gasteiger partial charge in [0.15, 0.2) is 0 Å². The molecule has 0 atom stereocenters. The van der Waals surface area contributed by atoms with E-state index in [-0.39, 0.29) is 5.91 Å². The van der Waals surface area contributed by atoms with Crippen molar-refractivity contribution in [3.05, 3.63) is 42.9 Å². The first kappa shape index (κ1) is 17.3. The van der Waals surface area contributed by atoms with Crippen LogP contribution in [0.25, 0.3) is 0 Å². The lowest BCUT2D eigenvalue weighted by Gasteiger charge is -2.35. The van der Waals surface area contributed by atoms with Gasteiger partial charge in [0.25, 0.3) is 0 Å². The Labute approximate surface area is 146 Å². The highest BCUT2D eigenvalue weighted by Gasteiger charge is 2.39. The normalized spacial score (nSPS) is 16.2. The van der Waals surface area contributed by atoms with Crippen LogP contribution in [-0.4, -0.2) is 42.7 Å². The fraction of sp³-hybridized carbons (Fsp3) is 0.389. The van der Waals surface area contributed by atoms with Crippen LogP contribution in [-0.2, 0) is 9.53 Å². The molecule has 7 nitrogen and oxygen atoms in total. The molecule has 1 aliphatic rings. The summed E-state index contributed by atoms with van der Waals surface area (Å²) in [6.07, 6.45) is 6.18. The zero-order valence-corrected chi connectivity index (χ0v) is 14.2. The number of amides is 1. The molecule has 2 aromatic rings. The van der Waals surface area contributed by atoms with Gasteiger partial charge in [-0.05, 0) is 38.1 Å². The largest absolute Gasteiger partial charge is 0.437 e. The molecule has 1 aromatic carbocycles. The van der Waals surface area contributed by atoms with Gasteiger partial charge in [0, 0.05) is 31.3 Å². The van der Waals surface area contributed by atoms with E-state index in [0.717, 1.165) is 25.9 Å². The maximum atomic E-state index is 12.9. The third-order valence-electron chi connectivity index (χ3n) is 4.32. The number of nitrogens with zero attached hydrogens (tertiary/aromatic N) is 2. The smallest absolute Gasteiger partial charge is 0.237 e. The van der Waals surface area contributed by atoms with Crippen molar-refractivity contribution in [2.24, 2.45) is 5.41 Å². The molecule has 1 saturated heterocycles. The van der Waals surface area contributed by atoms with Crippen LogP contribution >= 0.6 is 0 Å². The Morgan fingerprint density at radius 3 is 2.88 bits per heavy atom. The fourth-order valence-corrected chi connectivity index (χ4v) is 2.98. The summed E-state index contributed by atoms with van der Waals surface area (Å²) in [6.45, 7) is 2.04. The highest BCUT2D eigenvalue weighted by molar-refractivity contribution is 5.95. The number of benzene rings is 1. The number of aromatic nitrogens is 2. The number of nitrogens with one attached hydrogen (secondary N) is 2. The topological polar surface area (TPSA) is 85.4 Å². The van der Waals surface area contributed by atoms with Crippen LogP contribution in [0.15, 0.2) is 42.9 Å². The maximum Gasteiger partial charge on any atom is 0.237 e. The summed E-state index contributed by atoms with van der Waals surface area (Å²) in [6, 6.07) is 7.24. The second-order valence-corrected chi connectivity index (χ2v) is 6.09. The minimum Gasteiger partial charge on any atom is -0.437 e. The molecule has 2 heterocycles. The van der Waals surface area contributed by atoms with Crippen molar-refractivity contribution in [3.8, 4) is 11.6 Å². The Morgan fingerprint density at radius 1 is 1.32 bits per heavy atom. The van der Waals surface area contributed by atoms with E-state index >= 15 is 0 Å². The first-order valence-corrected chi connectivity index (χ1v) is 8.27. The minimum absolute atomic E-state index is 0.0208. The summed E-state index contributed by atoms with van der Waals surface area (Å²) in [7, 11) is 1.63. The highest BCUT2D eigenvalue weighted by Crippen LogP contribution is 2.31. The molecule has 0 saturated carbocycles. The fourth-order valence-electron chi connectivity index (χ4n) is 2.98. The zero-order chi connectivity index (χ0) is 17.5. The first-order valence-electron chi connectivity index (χ1n) is 8.27. The molecule has 0 bridgehead atoms. The van der Waals surface area contributed by atoms with Gasteiger partial charge in [-0.1, -0.05) is 6.07 Å². The quantitative estimate of drug-likeness (QED) is 0.837. The van der Waals surface area contributed by atoms with E-state index in [1.54, 1.807) is 31.6 Å². The van der Waals surface area contributed by atoms with E-state index in [9.17, 15) is 4.79 Å². The zero-order valence-electron chi connectivity index (χ0n) is 14.2. The van der Waals surface area contributed by atoms with Crippen molar-refractivity contribution in [2.75, 3.05) is 32.1 Å². The molecule has 25 heavy (non-hydrogen) atoms. The first-order chi connectivity index (χ1) is 12.2. The number of carbonyl (C=O) groups is 1. The van der Waals surface area contributed by atoms with Gasteiger partial charge in [0.05, 0.1) is 18.2 Å². The van der Waals surface area contributed by atoms with Crippen LogP contribution in [0.5, 0.6) is 11.6 Å². The van der Waals surface area contributed by atoms with Gasteiger partial charge in [0.2, 0.25) is 11.8 Å². The third kappa shape index (κ3) is 4.32. The van der Waals surface area contributed by atoms with Crippen molar-refractivity contribution in [1.82, 2.24) is 15.3 Å². The van der Waals surface area contributed by atoms with Crippen LogP contribution in [0.2, 0.25) is 0 Å². The molecule has 0 unspecified atom stereocenters. The summed E-state index contributed by atoms with van der Waals surface area (Å²) in [5.41, 5.74) is 0.183. The predicted octanol–water partition coefficient (Wildman–Crippen LogP) is 2.22. The van der Waals surface area contributed by atoms with Gasteiger partial charge < -0.3 is 20.1 Å². The van der Waals surface area contributed by atoms with Crippen LogP contribution in [0.3, 0.4) is 0 Å². The monoisotopic (exact) mass is 342 g/mol. The van der Waals surface area contributed by atoms with Crippen molar-refractivity contribution >= 4 is 11.6 Å².